The van der Waals surface area contributed by atoms with Gasteiger partial charge in [0.05, 0.1) is 19.3 Å². The fraction of sp³-hybridized carbons (Fsp3) is 0.632. The number of ether oxygens (including phenoxy) is 3. The van der Waals surface area contributed by atoms with Crippen molar-refractivity contribution in [3.63, 3.8) is 0 Å². The van der Waals surface area contributed by atoms with Crippen LogP contribution in [0.2, 0.25) is 0 Å². The topological polar surface area (TPSA) is 82.8 Å². The van der Waals surface area contributed by atoms with Crippen molar-refractivity contribution in [2.45, 2.75) is 63.4 Å². The first kappa shape index (κ1) is 18.0. The summed E-state index contributed by atoms with van der Waals surface area (Å²) >= 11 is 0. The van der Waals surface area contributed by atoms with E-state index in [9.17, 15) is 4.79 Å². The van der Waals surface area contributed by atoms with Gasteiger partial charge in [-0.25, -0.2) is 0 Å². The number of rotatable bonds is 7. The lowest BCUT2D eigenvalue weighted by Gasteiger charge is -2.17. The molecule has 1 saturated heterocycles. The summed E-state index contributed by atoms with van der Waals surface area (Å²) in [6.07, 6.45) is 6.13. The molecule has 3 N–H and O–H groups in total. The van der Waals surface area contributed by atoms with E-state index in [1.807, 2.05) is 18.2 Å². The van der Waals surface area contributed by atoms with Crippen molar-refractivity contribution in [2.75, 3.05) is 13.7 Å². The van der Waals surface area contributed by atoms with E-state index in [0.29, 0.717) is 18.8 Å². The largest absolute Gasteiger partial charge is 0.493 e. The van der Waals surface area contributed by atoms with Crippen molar-refractivity contribution in [2.24, 2.45) is 5.73 Å². The molecule has 138 valence electrons. The summed E-state index contributed by atoms with van der Waals surface area (Å²) in [5.41, 5.74) is 6.55. The monoisotopic (exact) mass is 348 g/mol. The number of carbonyl (C=O) groups excluding carboxylic acids is 1. The first-order chi connectivity index (χ1) is 12.2. The Balaban J connectivity index is 1.54. The number of amides is 1. The van der Waals surface area contributed by atoms with Gasteiger partial charge in [-0.15, -0.1) is 0 Å². The van der Waals surface area contributed by atoms with Gasteiger partial charge < -0.3 is 25.3 Å². The van der Waals surface area contributed by atoms with Gasteiger partial charge in [0.1, 0.15) is 6.10 Å². The third-order valence-corrected chi connectivity index (χ3v) is 4.95. The molecule has 6 heteroatoms. The summed E-state index contributed by atoms with van der Waals surface area (Å²) in [4.78, 5) is 12.2. The first-order valence-corrected chi connectivity index (χ1v) is 9.16. The van der Waals surface area contributed by atoms with Gasteiger partial charge in [0.25, 0.3) is 0 Å². The van der Waals surface area contributed by atoms with Crippen LogP contribution in [0.15, 0.2) is 18.2 Å². The van der Waals surface area contributed by atoms with Gasteiger partial charge in [-0.05, 0) is 56.2 Å². The molecule has 1 aliphatic heterocycles. The van der Waals surface area contributed by atoms with Crippen molar-refractivity contribution < 1.29 is 19.0 Å². The first-order valence-electron chi connectivity index (χ1n) is 9.16. The molecule has 1 saturated carbocycles. The Kier molecular flexibility index (Phi) is 6.15. The number of carbonyl (C=O) groups is 1. The van der Waals surface area contributed by atoms with Gasteiger partial charge in [0.15, 0.2) is 11.5 Å². The summed E-state index contributed by atoms with van der Waals surface area (Å²) < 4.78 is 17.1. The highest BCUT2D eigenvalue weighted by molar-refractivity contribution is 5.81. The molecule has 1 aromatic carbocycles. The van der Waals surface area contributed by atoms with Gasteiger partial charge in [-0.3, -0.25) is 4.79 Å². The maximum Gasteiger partial charge on any atom is 0.249 e. The smallest absolute Gasteiger partial charge is 0.249 e. The average Bonchev–Trinajstić information content (AvgIpc) is 3.32. The lowest BCUT2D eigenvalue weighted by Crippen LogP contribution is -2.35. The summed E-state index contributed by atoms with van der Waals surface area (Å²) in [6.45, 7) is 0.898. The quantitative estimate of drug-likeness (QED) is 0.789. The summed E-state index contributed by atoms with van der Waals surface area (Å²) in [7, 11) is 1.64. The minimum absolute atomic E-state index is 0.00265. The second-order valence-corrected chi connectivity index (χ2v) is 6.79. The third kappa shape index (κ3) is 4.64. The molecule has 0 aromatic heterocycles. The standard InChI is InChI=1S/C19H28N2O4/c1-23-18-10-13(6-8-16(18)24-14-4-2-3-5-14)12-21-19(22)17-9-7-15(11-20)25-17/h6,8,10,14-15,17H,2-5,7,9,11-12,20H2,1H3,(H,21,22)/t15-,17+/m1/s1. The molecular formula is C19H28N2O4. The molecule has 0 spiro atoms. The van der Waals surface area contributed by atoms with E-state index in [4.69, 9.17) is 19.9 Å². The van der Waals surface area contributed by atoms with E-state index in [1.165, 1.54) is 12.8 Å². The molecule has 1 heterocycles. The number of methoxy groups -OCH3 is 1. The maximum atomic E-state index is 12.2. The molecule has 6 nitrogen and oxygen atoms in total. The van der Waals surface area contributed by atoms with Crippen LogP contribution >= 0.6 is 0 Å². The molecule has 1 aliphatic carbocycles. The average molecular weight is 348 g/mol. The lowest BCUT2D eigenvalue weighted by atomic mass is 10.1. The van der Waals surface area contributed by atoms with Crippen LogP contribution in [0.4, 0.5) is 0 Å². The van der Waals surface area contributed by atoms with Crippen LogP contribution < -0.4 is 20.5 Å². The fourth-order valence-corrected chi connectivity index (χ4v) is 3.48. The van der Waals surface area contributed by atoms with Gasteiger partial charge in [-0.2, -0.15) is 0 Å². The molecule has 2 fully saturated rings. The molecule has 1 aromatic rings. The van der Waals surface area contributed by atoms with E-state index in [0.717, 1.165) is 37.0 Å². The van der Waals surface area contributed by atoms with Crippen LogP contribution in [-0.2, 0) is 16.1 Å². The normalized spacial score (nSPS) is 23.6. The van der Waals surface area contributed by atoms with E-state index in [-0.39, 0.29) is 24.2 Å². The molecule has 0 radical (unpaired) electrons. The van der Waals surface area contributed by atoms with Crippen LogP contribution in [0.1, 0.15) is 44.1 Å². The summed E-state index contributed by atoms with van der Waals surface area (Å²) in [6, 6.07) is 5.81. The number of benzene rings is 1. The summed E-state index contributed by atoms with van der Waals surface area (Å²) in [5.74, 6) is 1.40. The molecule has 2 atom stereocenters. The molecule has 2 aliphatic rings. The second-order valence-electron chi connectivity index (χ2n) is 6.79. The van der Waals surface area contributed by atoms with E-state index >= 15 is 0 Å². The molecule has 0 unspecified atom stereocenters. The Bertz CT molecular complexity index is 587. The Morgan fingerprint density at radius 3 is 2.72 bits per heavy atom. The van der Waals surface area contributed by atoms with Crippen LogP contribution in [0.25, 0.3) is 0 Å². The van der Waals surface area contributed by atoms with Crippen molar-refractivity contribution in [1.82, 2.24) is 5.32 Å². The van der Waals surface area contributed by atoms with Crippen molar-refractivity contribution >= 4 is 5.91 Å². The highest BCUT2D eigenvalue weighted by Crippen LogP contribution is 2.32. The number of hydrogen-bond donors (Lipinski definition) is 2. The predicted octanol–water partition coefficient (Wildman–Crippen LogP) is 2.14. The Morgan fingerprint density at radius 1 is 1.24 bits per heavy atom. The molecule has 3 rings (SSSR count). The lowest BCUT2D eigenvalue weighted by molar-refractivity contribution is -0.132. The minimum atomic E-state index is -0.389. The molecule has 1 amide bonds. The highest BCUT2D eigenvalue weighted by Gasteiger charge is 2.29. The highest BCUT2D eigenvalue weighted by atomic mass is 16.5. The molecule has 25 heavy (non-hydrogen) atoms. The van der Waals surface area contributed by atoms with Crippen LogP contribution in [0, 0.1) is 0 Å². The zero-order valence-electron chi connectivity index (χ0n) is 14.8. The Labute approximate surface area is 149 Å². The van der Waals surface area contributed by atoms with E-state index in [1.54, 1.807) is 7.11 Å². The predicted molar refractivity (Wildman–Crippen MR) is 94.7 cm³/mol. The molecular weight excluding hydrogens is 320 g/mol. The van der Waals surface area contributed by atoms with Crippen LogP contribution in [-0.4, -0.2) is 37.9 Å². The number of nitrogens with one attached hydrogen (secondary N) is 1. The summed E-state index contributed by atoms with van der Waals surface area (Å²) in [5, 5.41) is 2.93. The number of hydrogen-bond acceptors (Lipinski definition) is 5. The van der Waals surface area contributed by atoms with Crippen LogP contribution in [0.5, 0.6) is 11.5 Å². The Hall–Kier alpha value is -1.79. The van der Waals surface area contributed by atoms with Gasteiger partial charge in [0, 0.05) is 13.1 Å². The van der Waals surface area contributed by atoms with E-state index < -0.39 is 0 Å². The van der Waals surface area contributed by atoms with E-state index in [2.05, 4.69) is 5.32 Å². The maximum absolute atomic E-state index is 12.2. The Morgan fingerprint density at radius 2 is 2.04 bits per heavy atom. The van der Waals surface area contributed by atoms with Crippen molar-refractivity contribution in [3.05, 3.63) is 23.8 Å². The van der Waals surface area contributed by atoms with Crippen molar-refractivity contribution in [3.8, 4) is 11.5 Å². The van der Waals surface area contributed by atoms with Crippen molar-refractivity contribution in [1.29, 1.82) is 0 Å². The molecule has 0 bridgehead atoms. The fourth-order valence-electron chi connectivity index (χ4n) is 3.48. The zero-order valence-corrected chi connectivity index (χ0v) is 14.8. The number of nitrogens with two attached hydrogens (primary N) is 1. The second kappa shape index (κ2) is 8.54. The zero-order chi connectivity index (χ0) is 17.6. The third-order valence-electron chi connectivity index (χ3n) is 4.95. The minimum Gasteiger partial charge on any atom is -0.493 e. The van der Waals surface area contributed by atoms with Crippen LogP contribution in [0.3, 0.4) is 0 Å². The SMILES string of the molecule is COc1cc(CNC(=O)[C@@H]2CC[C@H](CN)O2)ccc1OC1CCCC1. The van der Waals surface area contributed by atoms with Gasteiger partial charge >= 0.3 is 0 Å². The van der Waals surface area contributed by atoms with Gasteiger partial charge in [0.2, 0.25) is 5.91 Å². The van der Waals surface area contributed by atoms with Gasteiger partial charge in [-0.1, -0.05) is 6.07 Å².